The molecule has 0 heterocycles. The van der Waals surface area contributed by atoms with Gasteiger partial charge in [-0.15, -0.1) is 0 Å². The molecule has 75 valence electrons. The molecular formula is Bi2CeCo2La2O7Sr+7. The number of rotatable bonds is 0. The molecule has 0 aromatic rings. The standard InChI is InChI=1S/2Bi.Ce.2Co.2La.7O.Sr/q+1;2*+3;;;2*+3;;;;4*-2;+2. The van der Waals surface area contributed by atoms with Crippen LogP contribution in [0.15, 0.2) is 0 Å². The molecule has 0 N–H and O–H groups in total. The van der Waals surface area contributed by atoms with Crippen molar-refractivity contribution in [3.8, 4) is 0 Å². The molecule has 0 unspecified atom stereocenters. The van der Waals surface area contributed by atoms with E-state index >= 15 is 0 Å². The van der Waals surface area contributed by atoms with E-state index in [-0.39, 0.29) is 231 Å². The molecule has 0 rings (SSSR count). The van der Waals surface area contributed by atoms with Crippen LogP contribution in [-0.2, 0) is 63.8 Å². The molecule has 0 aliphatic rings. The third kappa shape index (κ3) is 150. The van der Waals surface area contributed by atoms with E-state index in [1.54, 1.807) is 0 Å². The molecule has 0 aliphatic heterocycles. The molecule has 0 aliphatic carbocycles. The van der Waals surface area contributed by atoms with Crippen LogP contribution in [0.5, 0.6) is 0 Å². The van der Waals surface area contributed by atoms with Crippen molar-refractivity contribution >= 4 is 96.4 Å². The van der Waals surface area contributed by atoms with Gasteiger partial charge in [0.05, 0.1) is 0 Å². The van der Waals surface area contributed by atoms with E-state index in [9.17, 15) is 0 Å². The van der Waals surface area contributed by atoms with Crippen molar-refractivity contribution in [1.82, 2.24) is 0 Å². The predicted molar refractivity (Wildman–Crippen MR) is 22.1 cm³/mol. The Morgan fingerprint density at radius 2 is 0.667 bits per heavy atom. The van der Waals surface area contributed by atoms with Gasteiger partial charge in [-0.05, 0) is 0 Å². The predicted octanol–water partition coefficient (Wildman–Crippen LogP) is -1.98. The molecule has 0 spiro atoms. The average Bonchev–Trinajstić information content (AvgIpc) is 1.81. The van der Waals surface area contributed by atoms with Crippen molar-refractivity contribution in [3.63, 3.8) is 0 Å². The molecule has 0 aromatic carbocycles. The smallest absolute Gasteiger partial charge is 2.00 e. The molecule has 0 saturated carbocycles. The van der Waals surface area contributed by atoms with Crippen LogP contribution in [0, 0.1) is 113 Å². The van der Waals surface area contributed by atoms with Gasteiger partial charge in [-0.3, -0.25) is 0 Å². The van der Waals surface area contributed by atoms with Crippen LogP contribution < -0.4 is 0 Å². The van der Waals surface area contributed by atoms with Gasteiger partial charge in [0.1, 0.15) is 0 Å². The molecule has 0 atom stereocenters. The molecule has 15 heteroatoms. The maximum Gasteiger partial charge on any atom is 2.00 e. The topological polar surface area (TPSA) is 165 Å². The first-order chi connectivity index (χ1) is 3.00. The summed E-state index contributed by atoms with van der Waals surface area (Å²) in [6.07, 6.45) is 0. The largest absolute Gasteiger partial charge is 2.00 e. The Hall–Kier alpha value is 7.27. The molecule has 7 nitrogen and oxygen atoms in total. The van der Waals surface area contributed by atoms with Crippen molar-refractivity contribution in [3.05, 3.63) is 0 Å². The minimum absolute atomic E-state index is 0. The third-order valence-corrected chi connectivity index (χ3v) is 0. The zero-order valence-electron chi connectivity index (χ0n) is 6.78. The summed E-state index contributed by atoms with van der Waals surface area (Å²) in [5.74, 6) is 0. The van der Waals surface area contributed by atoms with E-state index in [1.165, 1.54) is 0 Å². The van der Waals surface area contributed by atoms with Crippen molar-refractivity contribution in [2.24, 2.45) is 0 Å². The normalized spacial score (nSPS) is 0.933. The van der Waals surface area contributed by atoms with Crippen LogP contribution in [0.2, 0.25) is 0 Å². The summed E-state index contributed by atoms with van der Waals surface area (Å²) < 4.78 is 24.2. The van der Waals surface area contributed by atoms with Crippen molar-refractivity contribution in [2.45, 2.75) is 0 Å². The van der Waals surface area contributed by atoms with Gasteiger partial charge in [-0.25, -0.2) is 0 Å². The van der Waals surface area contributed by atoms with E-state index in [0.29, 0.717) is 0 Å². The minimum atomic E-state index is 0. The van der Waals surface area contributed by atoms with Crippen molar-refractivity contribution < 1.29 is 177 Å². The van der Waals surface area contributed by atoms with Crippen LogP contribution in [-0.4, -0.2) is 96.4 Å². The van der Waals surface area contributed by atoms with Gasteiger partial charge in [0.2, 0.25) is 0 Å². The summed E-state index contributed by atoms with van der Waals surface area (Å²) in [7, 11) is 0. The van der Waals surface area contributed by atoms with Gasteiger partial charge in [0.15, 0.2) is 0 Å². The zero-order valence-corrected chi connectivity index (χ0v) is 29.7. The van der Waals surface area contributed by atoms with Gasteiger partial charge < -0.3 is 21.9 Å². The fourth-order valence-electron chi connectivity index (χ4n) is 0. The Kier molecular flexibility index (Phi) is 1050. The summed E-state index contributed by atoms with van der Waals surface area (Å²) in [4.78, 5) is 0. The van der Waals surface area contributed by atoms with E-state index < -0.39 is 0 Å². The maximum absolute atomic E-state index is 8.36. The van der Waals surface area contributed by atoms with E-state index in [0.717, 1.165) is 0 Å². The van der Waals surface area contributed by atoms with Crippen LogP contribution in [0.1, 0.15) is 0 Å². The summed E-state index contributed by atoms with van der Waals surface area (Å²) in [5, 5.41) is 0. The van der Waals surface area contributed by atoms with E-state index in [2.05, 4.69) is 31.3 Å². The van der Waals surface area contributed by atoms with Crippen LogP contribution in [0.3, 0.4) is 0 Å². The van der Waals surface area contributed by atoms with E-state index in [1.807, 2.05) is 0 Å². The van der Waals surface area contributed by atoms with Crippen LogP contribution in [0.25, 0.3) is 0 Å². The minimum Gasteiger partial charge on any atom is 2.00 e. The maximum atomic E-state index is 8.36. The first-order valence-electron chi connectivity index (χ1n) is 0.455. The van der Waals surface area contributed by atoms with Gasteiger partial charge in [0.25, 0.3) is 0 Å². The summed E-state index contributed by atoms with van der Waals surface area (Å²) in [6.45, 7) is 0. The summed E-state index contributed by atoms with van der Waals surface area (Å²) >= 11 is 4.82. The van der Waals surface area contributed by atoms with Crippen molar-refractivity contribution in [1.29, 1.82) is 0 Å². The molecule has 0 bridgehead atoms. The first-order valence-corrected chi connectivity index (χ1v) is 2.72. The quantitative estimate of drug-likeness (QED) is 0.258. The summed E-state index contributed by atoms with van der Waals surface area (Å²) in [6, 6.07) is 0. The fourth-order valence-corrected chi connectivity index (χ4v) is 0. The molecule has 0 fully saturated rings. The van der Waals surface area contributed by atoms with Gasteiger partial charge >= 0.3 is 251 Å². The Labute approximate surface area is 265 Å². The average molecular weight is 1150 g/mol. The SMILES string of the molecule is [Bi+3].[Ce+3].[La+3].[La+3].[O-2].[O-2].[O-2].[O-2].[O]=[Bi+].[O]=[Co].[O]=[Co].[Sr+2]. The number of hydrogen-bond donors (Lipinski definition) is 0. The van der Waals surface area contributed by atoms with Gasteiger partial charge in [-0.2, -0.15) is 0 Å². The van der Waals surface area contributed by atoms with Gasteiger partial charge in [0, 0.05) is 0 Å². The molecule has 0 saturated heterocycles. The Morgan fingerprint density at radius 1 is 0.667 bits per heavy atom. The molecular weight excluding hydrogens is 1150 g/mol. The molecule has 0 amide bonds. The molecule has 0 aromatic heterocycles. The second-order valence-electron chi connectivity index (χ2n) is 0. The number of hydrogen-bond acceptors (Lipinski definition) is 3. The second kappa shape index (κ2) is 165. The van der Waals surface area contributed by atoms with Gasteiger partial charge in [-0.1, -0.05) is 0 Å². The second-order valence-corrected chi connectivity index (χ2v) is 0. The Bertz CT molecular complexity index is 37.7. The Balaban J connectivity index is -0.000000000692. The monoisotopic (exact) mass is 1150 g/mol. The molecule has 5 radical (unpaired) electrons. The zero-order chi connectivity index (χ0) is 6.00. The Morgan fingerprint density at radius 3 is 0.667 bits per heavy atom. The van der Waals surface area contributed by atoms with Crippen LogP contribution >= 0.6 is 0 Å². The van der Waals surface area contributed by atoms with E-state index in [4.69, 9.17) is 10.5 Å². The first kappa shape index (κ1) is 95.5. The molecule has 15 heavy (non-hydrogen) atoms. The summed E-state index contributed by atoms with van der Waals surface area (Å²) in [5.41, 5.74) is 0. The van der Waals surface area contributed by atoms with Crippen molar-refractivity contribution in [2.75, 3.05) is 0 Å². The fraction of sp³-hybridized carbons (Fsp3) is 0. The van der Waals surface area contributed by atoms with Crippen LogP contribution in [0.4, 0.5) is 0 Å². The third-order valence-electron chi connectivity index (χ3n) is 0.